The minimum Gasteiger partial charge on any atom is -0.454 e. The fourth-order valence-electron chi connectivity index (χ4n) is 10.1. The molecule has 0 atom stereocenters. The van der Waals surface area contributed by atoms with Gasteiger partial charge in [0, 0.05) is 21.9 Å². The first kappa shape index (κ1) is 31.9. The third kappa shape index (κ3) is 4.41. The van der Waals surface area contributed by atoms with Crippen LogP contribution in [0.25, 0.3) is 66.4 Å². The molecule has 0 N–H and O–H groups in total. The van der Waals surface area contributed by atoms with Gasteiger partial charge in [-0.3, -0.25) is 0 Å². The van der Waals surface area contributed by atoms with Crippen LogP contribution in [0.15, 0.2) is 217 Å². The molecule has 2 heteroatoms. The minimum atomic E-state index is -0.593. The summed E-state index contributed by atoms with van der Waals surface area (Å²) in [6, 6.07) is 77.6. The Labute approximate surface area is 331 Å². The fourth-order valence-corrected chi connectivity index (χ4v) is 10.1. The van der Waals surface area contributed by atoms with E-state index in [1.54, 1.807) is 0 Å². The zero-order chi connectivity index (χ0) is 37.5. The van der Waals surface area contributed by atoms with Gasteiger partial charge in [0.1, 0.15) is 5.58 Å². The SMILES string of the molecule is c1ccc(-c2ccccc2N(c2cccc3c2-c2ccccc2C32c3ccccc3-c3ccccc3-c3ccccc32)c2cccc3c2oc2ccccc23)cc1. The first-order chi connectivity index (χ1) is 28.3. The lowest BCUT2D eigenvalue weighted by Gasteiger charge is -2.36. The number of nitrogens with zero attached hydrogens (tertiary/aromatic N) is 1. The normalized spacial score (nSPS) is 13.1. The lowest BCUT2D eigenvalue weighted by molar-refractivity contribution is 0.669. The van der Waals surface area contributed by atoms with Crippen molar-refractivity contribution in [1.82, 2.24) is 0 Å². The third-order valence-electron chi connectivity index (χ3n) is 12.3. The van der Waals surface area contributed by atoms with Crippen LogP contribution in [0.2, 0.25) is 0 Å². The van der Waals surface area contributed by atoms with Crippen molar-refractivity contribution >= 4 is 39.0 Å². The maximum Gasteiger partial charge on any atom is 0.159 e. The monoisotopic (exact) mass is 725 g/mol. The molecule has 0 unspecified atom stereocenters. The summed E-state index contributed by atoms with van der Waals surface area (Å²) < 4.78 is 6.86. The van der Waals surface area contributed by atoms with Crippen molar-refractivity contribution in [2.75, 3.05) is 4.90 Å². The molecule has 0 saturated heterocycles. The highest BCUT2D eigenvalue weighted by molar-refractivity contribution is 6.12. The quantitative estimate of drug-likeness (QED) is 0.180. The lowest BCUT2D eigenvalue weighted by Crippen LogP contribution is -2.29. The number of fused-ring (bicyclic) bond motifs is 15. The summed E-state index contributed by atoms with van der Waals surface area (Å²) in [6.07, 6.45) is 0. The predicted octanol–water partition coefficient (Wildman–Crippen LogP) is 14.7. The molecule has 0 radical (unpaired) electrons. The molecule has 0 amide bonds. The first-order valence-electron chi connectivity index (χ1n) is 19.7. The maximum absolute atomic E-state index is 6.86. The molecule has 1 heterocycles. The Bertz CT molecular complexity index is 3140. The largest absolute Gasteiger partial charge is 0.454 e. The van der Waals surface area contributed by atoms with Crippen LogP contribution in [-0.4, -0.2) is 0 Å². The highest BCUT2D eigenvalue weighted by atomic mass is 16.3. The number of anilines is 3. The molecule has 0 bridgehead atoms. The van der Waals surface area contributed by atoms with E-state index in [4.69, 9.17) is 4.42 Å². The summed E-state index contributed by atoms with van der Waals surface area (Å²) >= 11 is 0. The van der Waals surface area contributed by atoms with Crippen LogP contribution in [0, 0.1) is 0 Å². The fraction of sp³-hybridized carbons (Fsp3) is 0.0182. The summed E-state index contributed by atoms with van der Waals surface area (Å²) in [5, 5.41) is 2.21. The summed E-state index contributed by atoms with van der Waals surface area (Å²) in [5.74, 6) is 0. The molecule has 1 spiro atoms. The van der Waals surface area contributed by atoms with E-state index in [-0.39, 0.29) is 0 Å². The van der Waals surface area contributed by atoms with Crippen LogP contribution >= 0.6 is 0 Å². The second-order valence-corrected chi connectivity index (χ2v) is 15.1. The third-order valence-corrected chi connectivity index (χ3v) is 12.3. The molecule has 2 nitrogen and oxygen atoms in total. The second-order valence-electron chi connectivity index (χ2n) is 15.1. The van der Waals surface area contributed by atoms with Crippen LogP contribution < -0.4 is 4.90 Å². The van der Waals surface area contributed by atoms with Gasteiger partial charge in [-0.15, -0.1) is 0 Å². The summed E-state index contributed by atoms with van der Waals surface area (Å²) in [7, 11) is 0. The topological polar surface area (TPSA) is 16.4 Å². The molecule has 2 aliphatic carbocycles. The average Bonchev–Trinajstić information content (AvgIpc) is 3.78. The van der Waals surface area contributed by atoms with Gasteiger partial charge in [-0.25, -0.2) is 0 Å². The standard InChI is InChI=1S/C55H35NO/c1-2-18-36(19-3-1)37-20-9-14-32-49(37)56(51-34-16-27-43-42-25-10-15-35-52(42)57-54(43)51)50-33-17-31-48-53(50)44-26-8-13-30-47(44)55(48)45-28-11-6-23-40(45)38-21-4-5-22-39(38)41-24-7-12-29-46(41)55/h1-35H. The summed E-state index contributed by atoms with van der Waals surface area (Å²) in [4.78, 5) is 2.46. The highest BCUT2D eigenvalue weighted by Crippen LogP contribution is 2.64. The molecule has 0 aliphatic heterocycles. The van der Waals surface area contributed by atoms with E-state index in [0.29, 0.717) is 0 Å². The highest BCUT2D eigenvalue weighted by Gasteiger charge is 2.50. The average molecular weight is 726 g/mol. The minimum absolute atomic E-state index is 0.593. The van der Waals surface area contributed by atoms with Gasteiger partial charge in [0.05, 0.1) is 22.5 Å². The molecule has 1 aromatic heterocycles. The molecule has 12 rings (SSSR count). The molecule has 10 aromatic rings. The van der Waals surface area contributed by atoms with Gasteiger partial charge < -0.3 is 9.32 Å². The molecule has 0 saturated carbocycles. The van der Waals surface area contributed by atoms with Crippen molar-refractivity contribution in [3.05, 3.63) is 235 Å². The number of benzene rings is 9. The Morgan fingerprint density at radius 3 is 1.51 bits per heavy atom. The van der Waals surface area contributed by atoms with Crippen LogP contribution in [0.5, 0.6) is 0 Å². The van der Waals surface area contributed by atoms with Gasteiger partial charge in [-0.05, 0) is 79.9 Å². The van der Waals surface area contributed by atoms with Crippen LogP contribution in [0.4, 0.5) is 17.1 Å². The molecule has 0 fully saturated rings. The lowest BCUT2D eigenvalue weighted by atomic mass is 9.66. The van der Waals surface area contributed by atoms with Crippen molar-refractivity contribution in [1.29, 1.82) is 0 Å². The summed E-state index contributed by atoms with van der Waals surface area (Å²) in [6.45, 7) is 0. The smallest absolute Gasteiger partial charge is 0.159 e. The number of para-hydroxylation sites is 3. The van der Waals surface area contributed by atoms with E-state index >= 15 is 0 Å². The van der Waals surface area contributed by atoms with Gasteiger partial charge >= 0.3 is 0 Å². The van der Waals surface area contributed by atoms with Crippen molar-refractivity contribution in [2.45, 2.75) is 5.41 Å². The molecule has 57 heavy (non-hydrogen) atoms. The maximum atomic E-state index is 6.86. The van der Waals surface area contributed by atoms with Gasteiger partial charge in [0.25, 0.3) is 0 Å². The van der Waals surface area contributed by atoms with Crippen LogP contribution in [-0.2, 0) is 5.41 Å². The number of hydrogen-bond donors (Lipinski definition) is 0. The van der Waals surface area contributed by atoms with E-state index in [1.165, 1.54) is 55.6 Å². The second kappa shape index (κ2) is 12.3. The Balaban J connectivity index is 1.23. The van der Waals surface area contributed by atoms with E-state index in [1.807, 2.05) is 6.07 Å². The zero-order valence-corrected chi connectivity index (χ0v) is 31.1. The van der Waals surface area contributed by atoms with Crippen molar-refractivity contribution < 1.29 is 4.42 Å². The Morgan fingerprint density at radius 2 is 0.789 bits per heavy atom. The molecule has 9 aromatic carbocycles. The Kier molecular flexibility index (Phi) is 6.88. The number of hydrogen-bond acceptors (Lipinski definition) is 2. The van der Waals surface area contributed by atoms with Crippen LogP contribution in [0.1, 0.15) is 22.3 Å². The van der Waals surface area contributed by atoms with E-state index in [2.05, 4.69) is 211 Å². The van der Waals surface area contributed by atoms with Gasteiger partial charge in [-0.2, -0.15) is 0 Å². The van der Waals surface area contributed by atoms with Crippen molar-refractivity contribution in [2.24, 2.45) is 0 Å². The molecule has 2 aliphatic rings. The van der Waals surface area contributed by atoms with Gasteiger partial charge in [0.15, 0.2) is 5.58 Å². The van der Waals surface area contributed by atoms with E-state index < -0.39 is 5.41 Å². The number of rotatable bonds is 4. The first-order valence-corrected chi connectivity index (χ1v) is 19.7. The predicted molar refractivity (Wildman–Crippen MR) is 236 cm³/mol. The van der Waals surface area contributed by atoms with E-state index in [9.17, 15) is 0 Å². The van der Waals surface area contributed by atoms with Crippen molar-refractivity contribution in [3.8, 4) is 44.5 Å². The Hall–Kier alpha value is -7.42. The van der Waals surface area contributed by atoms with Gasteiger partial charge in [0.2, 0.25) is 0 Å². The molecular formula is C55H35NO. The van der Waals surface area contributed by atoms with E-state index in [0.717, 1.165) is 50.1 Å². The summed E-state index contributed by atoms with van der Waals surface area (Å²) in [5.41, 5.74) is 19.3. The number of furan rings is 1. The Morgan fingerprint density at radius 1 is 0.316 bits per heavy atom. The molecule has 266 valence electrons. The molecular weight excluding hydrogens is 691 g/mol. The van der Waals surface area contributed by atoms with Gasteiger partial charge in [-0.1, -0.05) is 188 Å². The van der Waals surface area contributed by atoms with Crippen LogP contribution in [0.3, 0.4) is 0 Å². The van der Waals surface area contributed by atoms with Crippen molar-refractivity contribution in [3.63, 3.8) is 0 Å². The zero-order valence-electron chi connectivity index (χ0n) is 31.1.